The van der Waals surface area contributed by atoms with E-state index in [4.69, 9.17) is 7.73 Å². The van der Waals surface area contributed by atoms with E-state index < -0.39 is 0 Å². The fourth-order valence-corrected chi connectivity index (χ4v) is 2.61. The molecular weight excluding hydrogens is 474 g/mol. The second kappa shape index (κ2) is 36.4. The summed E-state index contributed by atoms with van der Waals surface area (Å²) in [6.45, 7) is 8.21. The monoisotopic (exact) mass is 514 g/mol. The Labute approximate surface area is 208 Å². The summed E-state index contributed by atoms with van der Waals surface area (Å²) in [6.07, 6.45) is 16.9. The number of unbranched alkanes of at least 4 members (excludes halogenated alkanes) is 11. The molecule has 0 spiro atoms. The van der Waals surface area contributed by atoms with E-state index in [2.05, 4.69) is 70.3 Å². The number of hydrogen-bond acceptors (Lipinski definition) is 2. The summed E-state index contributed by atoms with van der Waals surface area (Å²) >= 11 is 4.62. The van der Waals surface area contributed by atoms with E-state index in [1.807, 2.05) is 48.5 Å². The summed E-state index contributed by atoms with van der Waals surface area (Å²) in [7, 11) is 0. The Morgan fingerprint density at radius 2 is 0.935 bits per heavy atom. The molecule has 0 aromatic heterocycles. The van der Waals surface area contributed by atoms with Crippen molar-refractivity contribution < 1.29 is 39.1 Å². The molecule has 2 nitrogen and oxygen atoms in total. The Kier molecular flexibility index (Phi) is 40.7. The van der Waals surface area contributed by atoms with Crippen LogP contribution in [0.1, 0.15) is 89.5 Å². The average Bonchev–Trinajstić information content (AvgIpc) is 2.85. The van der Waals surface area contributed by atoms with E-state index in [-0.39, 0.29) is 0 Å². The standard InChI is InChI=1S/C14H29.C7H7.C6H4.2Co.2O/c1-3-5-7-9-11-13-14-12-10-8-6-4-2;1-7-5-3-2-4-6-7;1-2-4-6-5-3-1;;;;/h1,3-14H2,2H3;3-6H,1H3;1-2,5-6H;;;;/q2*-1;-2;;;;. The maximum atomic E-state index is 7.94. The topological polar surface area (TPSA) is 34.1 Å². The van der Waals surface area contributed by atoms with Gasteiger partial charge in [0.1, 0.15) is 0 Å². The molecule has 0 unspecified atom stereocenters. The van der Waals surface area contributed by atoms with Crippen molar-refractivity contribution in [1.29, 1.82) is 0 Å². The van der Waals surface area contributed by atoms with Gasteiger partial charge in [0.15, 0.2) is 0 Å². The van der Waals surface area contributed by atoms with Crippen LogP contribution < -0.4 is 0 Å². The summed E-state index contributed by atoms with van der Waals surface area (Å²) in [4.78, 5) is 0. The van der Waals surface area contributed by atoms with Crippen LogP contribution in [0.5, 0.6) is 0 Å². The van der Waals surface area contributed by atoms with Gasteiger partial charge < -0.3 is 19.1 Å². The Morgan fingerprint density at radius 3 is 1.19 bits per heavy atom. The zero-order valence-electron chi connectivity index (χ0n) is 19.3. The molecule has 0 amide bonds. The molecule has 0 radical (unpaired) electrons. The van der Waals surface area contributed by atoms with Gasteiger partial charge in [0.2, 0.25) is 0 Å². The minimum absolute atomic E-state index is 1.12. The van der Waals surface area contributed by atoms with Crippen LogP contribution in [0.25, 0.3) is 0 Å². The molecule has 31 heavy (non-hydrogen) atoms. The van der Waals surface area contributed by atoms with Crippen molar-refractivity contribution in [1.82, 2.24) is 0 Å². The maximum Gasteiger partial charge on any atom is -0.288 e. The van der Waals surface area contributed by atoms with Gasteiger partial charge in [-0.05, 0) is 0 Å². The molecule has 2 rings (SSSR count). The summed E-state index contributed by atoms with van der Waals surface area (Å²) < 4.78 is 15.9. The maximum absolute atomic E-state index is 7.94. The molecule has 2 aromatic carbocycles. The second-order valence-electron chi connectivity index (χ2n) is 6.97. The van der Waals surface area contributed by atoms with Crippen LogP contribution in [0.4, 0.5) is 0 Å². The Balaban J connectivity index is -0.000000382. The van der Waals surface area contributed by atoms with Gasteiger partial charge >= 0.3 is 39.1 Å². The summed E-state index contributed by atoms with van der Waals surface area (Å²) in [6, 6.07) is 23.8. The molecule has 0 aliphatic carbocycles. The molecule has 0 heterocycles. The molecular formula is C27H40Co2O2-4. The molecule has 0 bridgehead atoms. The predicted molar refractivity (Wildman–Crippen MR) is 122 cm³/mol. The van der Waals surface area contributed by atoms with Gasteiger partial charge in [0.05, 0.1) is 0 Å². The van der Waals surface area contributed by atoms with Gasteiger partial charge in [-0.15, -0.1) is 0 Å². The van der Waals surface area contributed by atoms with Gasteiger partial charge in [-0.2, -0.15) is 42.3 Å². The molecule has 4 heteroatoms. The number of benzene rings is 2. The van der Waals surface area contributed by atoms with E-state index in [1.54, 1.807) is 0 Å². The summed E-state index contributed by atoms with van der Waals surface area (Å²) in [5, 5.41) is 0. The van der Waals surface area contributed by atoms with Crippen LogP contribution in [-0.4, -0.2) is 0 Å². The van der Waals surface area contributed by atoms with Crippen molar-refractivity contribution in [3.63, 3.8) is 0 Å². The number of hydrogen-bond donors (Lipinski definition) is 0. The van der Waals surface area contributed by atoms with Gasteiger partial charge in [0.25, 0.3) is 0 Å². The fraction of sp³-hybridized carbons (Fsp3) is 0.519. The van der Waals surface area contributed by atoms with Crippen LogP contribution in [0, 0.1) is 32.0 Å². The van der Waals surface area contributed by atoms with Gasteiger partial charge in [-0.3, -0.25) is 24.3 Å². The minimum Gasteiger partial charge on any atom is -0.319 e. The Bertz CT molecular complexity index is 468. The molecule has 0 saturated heterocycles. The van der Waals surface area contributed by atoms with E-state index in [9.17, 15) is 0 Å². The summed E-state index contributed by atoms with van der Waals surface area (Å²) in [5.74, 6) is 0. The minimum atomic E-state index is 1.12. The normalized spacial score (nSPS) is 8.68. The number of aryl methyl sites for hydroxylation is 1. The van der Waals surface area contributed by atoms with Crippen molar-refractivity contribution in [2.45, 2.75) is 90.9 Å². The quantitative estimate of drug-likeness (QED) is 0.223. The third-order valence-electron chi connectivity index (χ3n) is 4.29. The molecule has 182 valence electrons. The van der Waals surface area contributed by atoms with Crippen LogP contribution >= 0.6 is 0 Å². The smallest absolute Gasteiger partial charge is 0.288 e. The van der Waals surface area contributed by atoms with E-state index in [1.165, 1.54) is 76.2 Å². The van der Waals surface area contributed by atoms with Gasteiger partial charge in [-0.1, -0.05) is 84.5 Å². The molecule has 0 fully saturated rings. The third kappa shape index (κ3) is 36.8. The summed E-state index contributed by atoms with van der Waals surface area (Å²) in [5.41, 5.74) is 1.29. The Morgan fingerprint density at radius 1 is 0.613 bits per heavy atom. The van der Waals surface area contributed by atoms with E-state index in [0.29, 0.717) is 0 Å². The number of rotatable bonds is 11. The first kappa shape index (κ1) is 34.7. The van der Waals surface area contributed by atoms with E-state index >= 15 is 0 Å². The molecule has 0 N–H and O–H groups in total. The molecule has 0 atom stereocenters. The first-order valence-electron chi connectivity index (χ1n) is 11.1. The third-order valence-corrected chi connectivity index (χ3v) is 4.29. The van der Waals surface area contributed by atoms with Crippen LogP contribution in [0.2, 0.25) is 0 Å². The average molecular weight is 514 g/mol. The largest absolute Gasteiger partial charge is 0.319 e. The molecule has 0 saturated carbocycles. The van der Waals surface area contributed by atoms with Gasteiger partial charge in [-0.25, -0.2) is 0 Å². The first-order valence-corrected chi connectivity index (χ1v) is 12.0. The Hall–Kier alpha value is -0.947. The van der Waals surface area contributed by atoms with Crippen molar-refractivity contribution in [3.05, 3.63) is 79.2 Å². The first-order chi connectivity index (χ1) is 15.3. The molecule has 0 aliphatic heterocycles. The van der Waals surface area contributed by atoms with Gasteiger partial charge in [0, 0.05) is 0 Å². The zero-order valence-corrected chi connectivity index (χ0v) is 21.4. The van der Waals surface area contributed by atoms with E-state index in [0.717, 1.165) is 6.42 Å². The second-order valence-corrected chi connectivity index (χ2v) is 6.97. The van der Waals surface area contributed by atoms with Crippen LogP contribution in [-0.2, 0) is 39.1 Å². The molecule has 0 aliphatic rings. The van der Waals surface area contributed by atoms with Crippen LogP contribution in [0.15, 0.2) is 48.5 Å². The van der Waals surface area contributed by atoms with Crippen molar-refractivity contribution in [2.24, 2.45) is 0 Å². The van der Waals surface area contributed by atoms with Crippen molar-refractivity contribution >= 4 is 0 Å². The predicted octanol–water partition coefficient (Wildman–Crippen LogP) is 8.36. The van der Waals surface area contributed by atoms with Crippen molar-refractivity contribution in [2.75, 3.05) is 0 Å². The molecule has 2 aromatic rings. The van der Waals surface area contributed by atoms with Crippen molar-refractivity contribution in [3.8, 4) is 0 Å². The fourth-order valence-electron chi connectivity index (χ4n) is 2.61. The SMILES string of the molecule is Cc1cc[c-]cc1.[CH2-]CCCCCCCCCCCCC.[O]=[Co].[O]=[Co].[c-]1cc[c-]cc1. The van der Waals surface area contributed by atoms with Crippen LogP contribution in [0.3, 0.4) is 0 Å². The zero-order chi connectivity index (χ0) is 23.8.